The van der Waals surface area contributed by atoms with E-state index in [1.807, 2.05) is 0 Å². The van der Waals surface area contributed by atoms with E-state index in [0.717, 1.165) is 0 Å². The number of benzene rings is 1. The molecule has 0 unspecified atom stereocenters. The molecule has 0 radical (unpaired) electrons. The van der Waals surface area contributed by atoms with Gasteiger partial charge in [0.15, 0.2) is 5.82 Å². The number of hydrogen-bond donors (Lipinski definition) is 1. The summed E-state index contributed by atoms with van der Waals surface area (Å²) < 4.78 is 33.8. The van der Waals surface area contributed by atoms with Crippen molar-refractivity contribution in [1.82, 2.24) is 14.8 Å². The molecule has 124 valence electrons. The van der Waals surface area contributed by atoms with Crippen LogP contribution in [0.25, 0.3) is 5.69 Å². The number of nitrogens with zero attached hydrogens (tertiary/aromatic N) is 3. The number of hydrogen-bond acceptors (Lipinski definition) is 7. The largest absolute Gasteiger partial charge is 0.460 e. The van der Waals surface area contributed by atoms with Gasteiger partial charge in [0.25, 0.3) is 5.82 Å². The van der Waals surface area contributed by atoms with Crippen LogP contribution in [0.3, 0.4) is 0 Å². The van der Waals surface area contributed by atoms with E-state index in [1.54, 1.807) is 6.92 Å². The third-order valence-electron chi connectivity index (χ3n) is 2.82. The van der Waals surface area contributed by atoms with E-state index in [4.69, 9.17) is 14.6 Å². The molecular formula is C13H16N4O5S. The van der Waals surface area contributed by atoms with Crippen molar-refractivity contribution in [1.29, 1.82) is 0 Å². The van der Waals surface area contributed by atoms with Crippen LogP contribution in [0.2, 0.25) is 0 Å². The number of aromatic nitrogens is 3. The van der Waals surface area contributed by atoms with Crippen LogP contribution in [0, 0.1) is 0 Å². The molecule has 0 saturated carbocycles. The third kappa shape index (κ3) is 3.92. The number of rotatable bonds is 6. The first-order valence-corrected chi connectivity index (χ1v) is 8.16. The van der Waals surface area contributed by atoms with Gasteiger partial charge in [-0.25, -0.2) is 28.0 Å². The Labute approximate surface area is 133 Å². The van der Waals surface area contributed by atoms with Crippen LogP contribution in [0.15, 0.2) is 29.2 Å². The molecule has 0 spiro atoms. The van der Waals surface area contributed by atoms with Gasteiger partial charge >= 0.3 is 5.97 Å². The highest BCUT2D eigenvalue weighted by molar-refractivity contribution is 7.89. The molecule has 10 heteroatoms. The van der Waals surface area contributed by atoms with Crippen LogP contribution in [0.5, 0.6) is 0 Å². The maximum absolute atomic E-state index is 11.7. The highest BCUT2D eigenvalue weighted by Gasteiger charge is 2.18. The molecule has 0 aliphatic carbocycles. The summed E-state index contributed by atoms with van der Waals surface area (Å²) in [5, 5.41) is 9.14. The maximum atomic E-state index is 11.7. The summed E-state index contributed by atoms with van der Waals surface area (Å²) in [6.07, 6.45) is 0. The van der Waals surface area contributed by atoms with Crippen molar-refractivity contribution in [3.8, 4) is 5.69 Å². The molecule has 0 amide bonds. The number of esters is 1. The summed E-state index contributed by atoms with van der Waals surface area (Å²) in [5.74, 6) is -0.377. The van der Waals surface area contributed by atoms with Crippen molar-refractivity contribution >= 4 is 16.0 Å². The van der Waals surface area contributed by atoms with E-state index in [0.29, 0.717) is 11.5 Å². The van der Waals surface area contributed by atoms with Gasteiger partial charge < -0.3 is 9.47 Å². The summed E-state index contributed by atoms with van der Waals surface area (Å²) in [6, 6.07) is 5.69. The van der Waals surface area contributed by atoms with Crippen molar-refractivity contribution in [3.05, 3.63) is 35.9 Å². The first-order chi connectivity index (χ1) is 10.9. The number of carbonyl (C=O) groups excluding carboxylic acids is 1. The molecule has 0 saturated heterocycles. The molecule has 2 rings (SSSR count). The van der Waals surface area contributed by atoms with Gasteiger partial charge in [-0.1, -0.05) is 0 Å². The summed E-state index contributed by atoms with van der Waals surface area (Å²) in [7, 11) is -2.30. The van der Waals surface area contributed by atoms with E-state index < -0.39 is 16.0 Å². The lowest BCUT2D eigenvalue weighted by Gasteiger charge is -2.05. The molecule has 2 aromatic rings. The van der Waals surface area contributed by atoms with Gasteiger partial charge in [-0.3, -0.25) is 0 Å². The van der Waals surface area contributed by atoms with Gasteiger partial charge in [0, 0.05) is 7.11 Å². The van der Waals surface area contributed by atoms with Gasteiger partial charge in [-0.05, 0) is 31.2 Å². The van der Waals surface area contributed by atoms with Crippen LogP contribution in [0.1, 0.15) is 23.4 Å². The molecule has 1 aromatic carbocycles. The Balaban J connectivity index is 2.43. The Morgan fingerprint density at radius 2 is 1.96 bits per heavy atom. The van der Waals surface area contributed by atoms with Crippen LogP contribution < -0.4 is 5.14 Å². The van der Waals surface area contributed by atoms with Crippen molar-refractivity contribution < 1.29 is 22.7 Å². The Bertz CT molecular complexity index is 798. The second-order valence-electron chi connectivity index (χ2n) is 4.46. The third-order valence-corrected chi connectivity index (χ3v) is 3.74. The molecule has 0 fully saturated rings. The SMILES string of the molecule is CCOC(=O)c1nc(COC)n(-c2ccc(S(N)(=O)=O)cc2)n1. The van der Waals surface area contributed by atoms with E-state index in [9.17, 15) is 13.2 Å². The smallest absolute Gasteiger partial charge is 0.378 e. The zero-order chi connectivity index (χ0) is 17.0. The van der Waals surface area contributed by atoms with Crippen molar-refractivity contribution in [2.45, 2.75) is 18.4 Å². The molecule has 1 heterocycles. The standard InChI is InChI=1S/C13H16N4O5S/c1-3-22-13(18)12-15-11(8-21-2)17(16-12)9-4-6-10(7-5-9)23(14,19)20/h4-7H,3,8H2,1-2H3,(H2,14,19,20). The fraction of sp³-hybridized carbons (Fsp3) is 0.308. The fourth-order valence-corrected chi connectivity index (χ4v) is 2.35. The molecular weight excluding hydrogens is 324 g/mol. The van der Waals surface area contributed by atoms with E-state index in [2.05, 4.69) is 10.1 Å². The van der Waals surface area contributed by atoms with Gasteiger partial charge in [0.05, 0.1) is 17.2 Å². The average Bonchev–Trinajstić information content (AvgIpc) is 2.91. The predicted octanol–water partition coefficient (Wildman–Crippen LogP) is 0.238. The zero-order valence-corrected chi connectivity index (χ0v) is 13.4. The Kier molecular flexibility index (Phi) is 5.08. The second kappa shape index (κ2) is 6.86. The Hall–Kier alpha value is -2.30. The number of ether oxygens (including phenoxy) is 2. The highest BCUT2D eigenvalue weighted by Crippen LogP contribution is 2.15. The van der Waals surface area contributed by atoms with Crippen molar-refractivity contribution in [3.63, 3.8) is 0 Å². The molecule has 0 aliphatic heterocycles. The predicted molar refractivity (Wildman–Crippen MR) is 79.4 cm³/mol. The fourth-order valence-electron chi connectivity index (χ4n) is 1.83. The van der Waals surface area contributed by atoms with E-state index >= 15 is 0 Å². The van der Waals surface area contributed by atoms with E-state index in [-0.39, 0.29) is 23.9 Å². The van der Waals surface area contributed by atoms with Crippen molar-refractivity contribution in [2.24, 2.45) is 5.14 Å². The van der Waals surface area contributed by atoms with Gasteiger partial charge in [-0.15, -0.1) is 5.10 Å². The molecule has 0 atom stereocenters. The number of sulfonamides is 1. The van der Waals surface area contributed by atoms with Gasteiger partial charge in [0.2, 0.25) is 10.0 Å². The molecule has 2 N–H and O–H groups in total. The summed E-state index contributed by atoms with van der Waals surface area (Å²) >= 11 is 0. The van der Waals surface area contributed by atoms with Crippen molar-refractivity contribution in [2.75, 3.05) is 13.7 Å². The first kappa shape index (κ1) is 17.1. The maximum Gasteiger partial charge on any atom is 0.378 e. The second-order valence-corrected chi connectivity index (χ2v) is 6.02. The minimum Gasteiger partial charge on any atom is -0.460 e. The van der Waals surface area contributed by atoms with Crippen LogP contribution in [0.4, 0.5) is 0 Å². The molecule has 0 aliphatic rings. The molecule has 9 nitrogen and oxygen atoms in total. The first-order valence-electron chi connectivity index (χ1n) is 6.62. The summed E-state index contributed by atoms with van der Waals surface area (Å²) in [4.78, 5) is 15.8. The monoisotopic (exact) mass is 340 g/mol. The van der Waals surface area contributed by atoms with Crippen LogP contribution in [-0.2, 0) is 26.1 Å². The molecule has 0 bridgehead atoms. The lowest BCUT2D eigenvalue weighted by molar-refractivity contribution is 0.0512. The number of methoxy groups -OCH3 is 1. The Morgan fingerprint density at radius 1 is 1.30 bits per heavy atom. The average molecular weight is 340 g/mol. The number of nitrogens with two attached hydrogens (primary N) is 1. The van der Waals surface area contributed by atoms with E-state index in [1.165, 1.54) is 36.1 Å². The topological polar surface area (TPSA) is 126 Å². The lowest BCUT2D eigenvalue weighted by Crippen LogP contribution is -2.12. The van der Waals surface area contributed by atoms with Crippen LogP contribution >= 0.6 is 0 Å². The lowest BCUT2D eigenvalue weighted by atomic mass is 10.3. The highest BCUT2D eigenvalue weighted by atomic mass is 32.2. The minimum absolute atomic E-state index is 0.0275. The van der Waals surface area contributed by atoms with Gasteiger partial charge in [-0.2, -0.15) is 0 Å². The Morgan fingerprint density at radius 3 is 2.48 bits per heavy atom. The molecule has 1 aromatic heterocycles. The minimum atomic E-state index is -3.78. The number of primary sulfonamides is 1. The van der Waals surface area contributed by atoms with Gasteiger partial charge in [0.1, 0.15) is 6.61 Å². The summed E-state index contributed by atoms with van der Waals surface area (Å²) in [6.45, 7) is 2.00. The number of carbonyl (C=O) groups is 1. The van der Waals surface area contributed by atoms with Crippen LogP contribution in [-0.4, -0.2) is 42.9 Å². The zero-order valence-electron chi connectivity index (χ0n) is 12.6. The molecule has 23 heavy (non-hydrogen) atoms. The summed E-state index contributed by atoms with van der Waals surface area (Å²) in [5.41, 5.74) is 0.507. The normalized spacial score (nSPS) is 11.4. The quantitative estimate of drug-likeness (QED) is 0.746.